The molecule has 0 aromatic rings. The average Bonchev–Trinajstić information content (AvgIpc) is 2.21. The molecule has 0 bridgehead atoms. The Hall–Kier alpha value is -1.18. The Kier molecular flexibility index (Phi) is 10.5. The molecule has 18 heavy (non-hydrogen) atoms. The van der Waals surface area contributed by atoms with Gasteiger partial charge in [-0.05, 0) is 19.4 Å². The van der Waals surface area contributed by atoms with Gasteiger partial charge in [0.15, 0.2) is 0 Å². The Morgan fingerprint density at radius 1 is 1.00 bits per heavy atom. The molecular weight excluding hydrogens is 291 g/mol. The number of unbranched alkanes of at least 4 members (excludes halogenated alkanes) is 1. The number of nitrogens with two attached hydrogens (primary N) is 1. The van der Waals surface area contributed by atoms with Crippen molar-refractivity contribution in [2.24, 2.45) is 5.73 Å². The van der Waals surface area contributed by atoms with Crippen molar-refractivity contribution in [1.29, 1.82) is 0 Å². The Balaban J connectivity index is 0. The Morgan fingerprint density at radius 3 is 1.83 bits per heavy atom. The first kappa shape index (κ1) is 19.2. The number of carboxylic acids is 3. The molecule has 0 radical (unpaired) electrons. The monoisotopic (exact) mass is 306 g/mol. The third kappa shape index (κ3) is 7.21. The van der Waals surface area contributed by atoms with E-state index < -0.39 is 30.0 Å². The van der Waals surface area contributed by atoms with E-state index in [2.05, 4.69) is 5.32 Å². The number of carboxylic acid groups (broad SMARTS) is 3. The van der Waals surface area contributed by atoms with Crippen molar-refractivity contribution in [3.05, 3.63) is 0 Å². The van der Waals surface area contributed by atoms with Crippen LogP contribution in [0, 0.1) is 0 Å². The predicted molar refractivity (Wildman–Crippen MR) is 56.5 cm³/mol. The standard InChI is InChI=1S/C9H16N2O6.Ni/c10-4-2-1-3-5(7(12)13)11-6(8(14)15)9(16)17;/h5-6,11H,1-4,10H2,(H,12,13)(H,14,15)(H,16,17);/t5-;/m0./s1. The van der Waals surface area contributed by atoms with Gasteiger partial charge in [0, 0.05) is 16.5 Å². The van der Waals surface area contributed by atoms with Crippen LogP contribution in [0.3, 0.4) is 0 Å². The summed E-state index contributed by atoms with van der Waals surface area (Å²) in [6.07, 6.45) is 1.20. The van der Waals surface area contributed by atoms with Gasteiger partial charge in [0.1, 0.15) is 6.04 Å². The zero-order valence-corrected chi connectivity index (χ0v) is 10.4. The average molecular weight is 307 g/mol. The van der Waals surface area contributed by atoms with Gasteiger partial charge in [-0.15, -0.1) is 0 Å². The van der Waals surface area contributed by atoms with Crippen LogP contribution in [0.25, 0.3) is 0 Å². The van der Waals surface area contributed by atoms with Crippen LogP contribution in [0.4, 0.5) is 0 Å². The first-order valence-corrected chi connectivity index (χ1v) is 5.04. The largest absolute Gasteiger partial charge is 0.480 e. The summed E-state index contributed by atoms with van der Waals surface area (Å²) < 4.78 is 0. The molecule has 0 saturated heterocycles. The van der Waals surface area contributed by atoms with E-state index in [1.54, 1.807) is 0 Å². The van der Waals surface area contributed by atoms with E-state index in [0.717, 1.165) is 0 Å². The SMILES string of the molecule is NCCCC[C@H](NC(C(=O)O)C(=O)O)C(=O)O.[Ni]. The maximum Gasteiger partial charge on any atom is 0.332 e. The molecule has 0 aromatic heterocycles. The molecule has 0 aliphatic heterocycles. The fourth-order valence-electron chi connectivity index (χ4n) is 1.22. The molecule has 0 rings (SSSR count). The fraction of sp³-hybridized carbons (Fsp3) is 0.667. The molecule has 0 fully saturated rings. The molecule has 0 saturated carbocycles. The summed E-state index contributed by atoms with van der Waals surface area (Å²) in [4.78, 5) is 31.9. The van der Waals surface area contributed by atoms with Gasteiger partial charge in [0.2, 0.25) is 6.04 Å². The molecule has 0 aromatic carbocycles. The van der Waals surface area contributed by atoms with Crippen LogP contribution in [0.5, 0.6) is 0 Å². The van der Waals surface area contributed by atoms with Gasteiger partial charge in [-0.25, -0.2) is 9.59 Å². The Morgan fingerprint density at radius 2 is 1.50 bits per heavy atom. The van der Waals surface area contributed by atoms with Crippen LogP contribution < -0.4 is 11.1 Å². The summed E-state index contributed by atoms with van der Waals surface area (Å²) in [6, 6.07) is -3.13. The van der Waals surface area contributed by atoms with Crippen LogP contribution in [0.15, 0.2) is 0 Å². The number of hydrogen-bond acceptors (Lipinski definition) is 5. The normalized spacial score (nSPS) is 11.7. The summed E-state index contributed by atoms with van der Waals surface area (Å²) in [5.74, 6) is -4.53. The van der Waals surface area contributed by atoms with Gasteiger partial charge in [-0.2, -0.15) is 0 Å². The van der Waals surface area contributed by atoms with E-state index in [9.17, 15) is 14.4 Å². The zero-order chi connectivity index (χ0) is 13.4. The number of rotatable bonds is 9. The second kappa shape index (κ2) is 9.81. The molecule has 0 spiro atoms. The zero-order valence-electron chi connectivity index (χ0n) is 9.44. The van der Waals surface area contributed by atoms with Crippen LogP contribution in [-0.2, 0) is 30.9 Å². The third-order valence-electron chi connectivity index (χ3n) is 2.11. The molecule has 0 heterocycles. The van der Waals surface area contributed by atoms with Crippen molar-refractivity contribution < 1.29 is 46.2 Å². The van der Waals surface area contributed by atoms with E-state index in [1.807, 2.05) is 0 Å². The van der Waals surface area contributed by atoms with Crippen LogP contribution in [-0.4, -0.2) is 51.9 Å². The number of nitrogens with one attached hydrogen (secondary N) is 1. The van der Waals surface area contributed by atoms with Crippen molar-refractivity contribution in [1.82, 2.24) is 5.32 Å². The number of carbonyl (C=O) groups is 3. The molecule has 108 valence electrons. The molecule has 6 N–H and O–H groups in total. The second-order valence-electron chi connectivity index (χ2n) is 3.45. The Labute approximate surface area is 113 Å². The van der Waals surface area contributed by atoms with E-state index in [-0.39, 0.29) is 22.9 Å². The van der Waals surface area contributed by atoms with Crippen LogP contribution in [0.1, 0.15) is 19.3 Å². The van der Waals surface area contributed by atoms with Gasteiger partial charge in [0.05, 0.1) is 0 Å². The maximum absolute atomic E-state index is 10.8. The van der Waals surface area contributed by atoms with Gasteiger partial charge in [-0.1, -0.05) is 6.42 Å². The van der Waals surface area contributed by atoms with Crippen molar-refractivity contribution >= 4 is 17.9 Å². The maximum atomic E-state index is 10.8. The molecule has 0 unspecified atom stereocenters. The van der Waals surface area contributed by atoms with E-state index in [1.165, 1.54) is 0 Å². The van der Waals surface area contributed by atoms with Crippen molar-refractivity contribution in [2.75, 3.05) is 6.54 Å². The smallest absolute Gasteiger partial charge is 0.332 e. The summed E-state index contributed by atoms with van der Waals surface area (Å²) in [6.45, 7) is 0.396. The van der Waals surface area contributed by atoms with Crippen molar-refractivity contribution in [3.8, 4) is 0 Å². The third-order valence-corrected chi connectivity index (χ3v) is 2.11. The van der Waals surface area contributed by atoms with E-state index in [4.69, 9.17) is 21.1 Å². The summed E-state index contributed by atoms with van der Waals surface area (Å²) in [7, 11) is 0. The van der Waals surface area contributed by atoms with Gasteiger partial charge in [0.25, 0.3) is 0 Å². The van der Waals surface area contributed by atoms with Crippen LogP contribution >= 0.6 is 0 Å². The molecule has 0 aliphatic rings. The minimum atomic E-state index is -1.92. The predicted octanol–water partition coefficient (Wildman–Crippen LogP) is -1.31. The first-order chi connectivity index (χ1) is 7.90. The van der Waals surface area contributed by atoms with Crippen molar-refractivity contribution in [2.45, 2.75) is 31.3 Å². The number of hydrogen-bond donors (Lipinski definition) is 5. The number of aliphatic carboxylic acids is 3. The van der Waals surface area contributed by atoms with E-state index in [0.29, 0.717) is 19.4 Å². The Bertz CT molecular complexity index is 285. The molecule has 1 atom stereocenters. The summed E-state index contributed by atoms with van der Waals surface area (Å²) in [5.41, 5.74) is 5.23. The van der Waals surface area contributed by atoms with E-state index >= 15 is 0 Å². The van der Waals surface area contributed by atoms with Crippen molar-refractivity contribution in [3.63, 3.8) is 0 Å². The molecule has 8 nitrogen and oxygen atoms in total. The minimum Gasteiger partial charge on any atom is -0.480 e. The summed E-state index contributed by atoms with van der Waals surface area (Å²) >= 11 is 0. The molecular formula is C9H16N2NiO6. The second-order valence-corrected chi connectivity index (χ2v) is 3.45. The first-order valence-electron chi connectivity index (χ1n) is 5.04. The minimum absolute atomic E-state index is 0. The van der Waals surface area contributed by atoms with Gasteiger partial charge >= 0.3 is 17.9 Å². The van der Waals surface area contributed by atoms with Gasteiger partial charge in [-0.3, -0.25) is 10.1 Å². The summed E-state index contributed by atoms with van der Waals surface area (Å²) in [5, 5.41) is 28.1. The fourth-order valence-corrected chi connectivity index (χ4v) is 1.22. The van der Waals surface area contributed by atoms with Gasteiger partial charge < -0.3 is 21.1 Å². The quantitative estimate of drug-likeness (QED) is 0.200. The molecule has 9 heteroatoms. The molecule has 0 amide bonds. The van der Waals surface area contributed by atoms with Crippen LogP contribution in [0.2, 0.25) is 0 Å². The molecule has 0 aliphatic carbocycles. The topological polar surface area (TPSA) is 150 Å².